The molecule has 1 fully saturated rings. The van der Waals surface area contributed by atoms with Crippen LogP contribution in [-0.4, -0.2) is 12.0 Å². The summed E-state index contributed by atoms with van der Waals surface area (Å²) in [5.41, 5.74) is 1.54. The lowest BCUT2D eigenvalue weighted by atomic mass is 10.2. The van der Waals surface area contributed by atoms with Gasteiger partial charge in [0, 0.05) is 17.3 Å². The molecule has 0 atom stereocenters. The third-order valence-electron chi connectivity index (χ3n) is 3.77. The zero-order chi connectivity index (χ0) is 14.7. The Labute approximate surface area is 124 Å². The molecule has 1 heterocycles. The molecule has 0 saturated heterocycles. The summed E-state index contributed by atoms with van der Waals surface area (Å²) < 4.78 is 11.1. The first-order valence-corrected chi connectivity index (χ1v) is 7.34. The first kappa shape index (κ1) is 13.7. The van der Waals surface area contributed by atoms with Crippen LogP contribution in [0.3, 0.4) is 0 Å². The van der Waals surface area contributed by atoms with Crippen molar-refractivity contribution in [1.82, 2.24) is 0 Å². The van der Waals surface area contributed by atoms with Crippen molar-refractivity contribution in [2.45, 2.75) is 38.7 Å². The van der Waals surface area contributed by atoms with E-state index in [0.717, 1.165) is 24.2 Å². The minimum Gasteiger partial charge on any atom is -0.490 e. The summed E-state index contributed by atoms with van der Waals surface area (Å²) in [6.45, 7) is 1.85. The van der Waals surface area contributed by atoms with Crippen molar-refractivity contribution in [3.05, 3.63) is 47.9 Å². The van der Waals surface area contributed by atoms with Crippen LogP contribution in [0.5, 0.6) is 5.75 Å². The predicted octanol–water partition coefficient (Wildman–Crippen LogP) is 4.16. The SMILES string of the molecule is Cc1ccoc1C(=O)Nc1cccc(OC2CCCC2)c1. The van der Waals surface area contributed by atoms with Gasteiger partial charge in [0.05, 0.1) is 12.4 Å². The van der Waals surface area contributed by atoms with Crippen LogP contribution in [0.4, 0.5) is 5.69 Å². The smallest absolute Gasteiger partial charge is 0.291 e. The number of nitrogens with one attached hydrogen (secondary N) is 1. The van der Waals surface area contributed by atoms with Crippen LogP contribution in [0, 0.1) is 6.92 Å². The first-order chi connectivity index (χ1) is 10.2. The molecule has 0 bridgehead atoms. The highest BCUT2D eigenvalue weighted by Crippen LogP contribution is 2.26. The van der Waals surface area contributed by atoms with Crippen LogP contribution in [0.2, 0.25) is 0 Å². The highest BCUT2D eigenvalue weighted by Gasteiger charge is 2.17. The summed E-state index contributed by atoms with van der Waals surface area (Å²) in [6, 6.07) is 9.28. The molecular formula is C17H19NO3. The van der Waals surface area contributed by atoms with Crippen molar-refractivity contribution in [3.8, 4) is 5.75 Å². The second kappa shape index (κ2) is 6.04. The van der Waals surface area contributed by atoms with Gasteiger partial charge in [-0.1, -0.05) is 6.07 Å². The molecule has 1 aromatic carbocycles. The molecule has 4 heteroatoms. The number of hydrogen-bond donors (Lipinski definition) is 1. The van der Waals surface area contributed by atoms with E-state index < -0.39 is 0 Å². The molecule has 1 aliphatic carbocycles. The molecule has 0 radical (unpaired) electrons. The maximum absolute atomic E-state index is 12.1. The Kier molecular flexibility index (Phi) is 3.95. The molecule has 21 heavy (non-hydrogen) atoms. The summed E-state index contributed by atoms with van der Waals surface area (Å²) in [5, 5.41) is 2.84. The molecule has 0 unspecified atom stereocenters. The van der Waals surface area contributed by atoms with Crippen molar-refractivity contribution in [2.24, 2.45) is 0 Å². The van der Waals surface area contributed by atoms with Crippen molar-refractivity contribution < 1.29 is 13.9 Å². The fraction of sp³-hybridized carbons (Fsp3) is 0.353. The van der Waals surface area contributed by atoms with Gasteiger partial charge in [0.1, 0.15) is 5.75 Å². The number of aryl methyl sites for hydroxylation is 1. The van der Waals surface area contributed by atoms with E-state index in [-0.39, 0.29) is 5.91 Å². The lowest BCUT2D eigenvalue weighted by molar-refractivity contribution is 0.0996. The van der Waals surface area contributed by atoms with E-state index in [1.807, 2.05) is 31.2 Å². The number of carbonyl (C=O) groups is 1. The number of amides is 1. The van der Waals surface area contributed by atoms with Crippen LogP contribution in [0.1, 0.15) is 41.8 Å². The number of hydrogen-bond acceptors (Lipinski definition) is 3. The molecular weight excluding hydrogens is 266 g/mol. The molecule has 3 rings (SSSR count). The maximum atomic E-state index is 12.1. The topological polar surface area (TPSA) is 51.5 Å². The number of furan rings is 1. The fourth-order valence-corrected chi connectivity index (χ4v) is 2.64. The lowest BCUT2D eigenvalue weighted by Gasteiger charge is -2.14. The van der Waals surface area contributed by atoms with Crippen LogP contribution < -0.4 is 10.1 Å². The van der Waals surface area contributed by atoms with Gasteiger partial charge in [0.15, 0.2) is 5.76 Å². The van der Waals surface area contributed by atoms with Gasteiger partial charge in [-0.25, -0.2) is 0 Å². The molecule has 1 aliphatic rings. The van der Waals surface area contributed by atoms with E-state index in [1.54, 1.807) is 6.07 Å². The standard InChI is InChI=1S/C17H19NO3/c1-12-9-10-20-16(12)17(19)18-13-5-4-8-15(11-13)21-14-6-2-3-7-14/h4-5,8-11,14H,2-3,6-7H2,1H3,(H,18,19). The van der Waals surface area contributed by atoms with Crippen LogP contribution in [0.15, 0.2) is 41.0 Å². The Morgan fingerprint density at radius 3 is 2.81 bits per heavy atom. The molecule has 2 aromatic rings. The molecule has 1 amide bonds. The molecule has 0 spiro atoms. The van der Waals surface area contributed by atoms with Crippen LogP contribution >= 0.6 is 0 Å². The van der Waals surface area contributed by atoms with Crippen molar-refractivity contribution in [3.63, 3.8) is 0 Å². The Hall–Kier alpha value is -2.23. The van der Waals surface area contributed by atoms with E-state index >= 15 is 0 Å². The monoisotopic (exact) mass is 285 g/mol. The Balaban J connectivity index is 1.68. The van der Waals surface area contributed by atoms with Gasteiger partial charge in [-0.05, 0) is 50.8 Å². The number of anilines is 1. The minimum absolute atomic E-state index is 0.240. The van der Waals surface area contributed by atoms with E-state index in [9.17, 15) is 4.79 Å². The number of benzene rings is 1. The summed E-state index contributed by atoms with van der Waals surface area (Å²) in [7, 11) is 0. The highest BCUT2D eigenvalue weighted by molar-refractivity contribution is 6.03. The van der Waals surface area contributed by atoms with E-state index in [4.69, 9.17) is 9.15 Å². The molecule has 1 N–H and O–H groups in total. The molecule has 0 aliphatic heterocycles. The molecule has 110 valence electrons. The average molecular weight is 285 g/mol. The van der Waals surface area contributed by atoms with Crippen LogP contribution in [0.25, 0.3) is 0 Å². The average Bonchev–Trinajstić information content (AvgIpc) is 3.10. The van der Waals surface area contributed by atoms with Gasteiger partial charge in [-0.15, -0.1) is 0 Å². The third kappa shape index (κ3) is 3.27. The fourth-order valence-electron chi connectivity index (χ4n) is 2.64. The molecule has 1 saturated carbocycles. The normalized spacial score (nSPS) is 15.1. The zero-order valence-electron chi connectivity index (χ0n) is 12.1. The van der Waals surface area contributed by atoms with Gasteiger partial charge >= 0.3 is 0 Å². The van der Waals surface area contributed by atoms with Gasteiger partial charge in [-0.2, -0.15) is 0 Å². The summed E-state index contributed by atoms with van der Waals surface area (Å²) in [5.74, 6) is 0.906. The second-order valence-corrected chi connectivity index (χ2v) is 5.44. The summed E-state index contributed by atoms with van der Waals surface area (Å²) in [6.07, 6.45) is 6.52. The Bertz CT molecular complexity index is 626. The first-order valence-electron chi connectivity index (χ1n) is 7.34. The van der Waals surface area contributed by atoms with E-state index in [1.165, 1.54) is 19.1 Å². The van der Waals surface area contributed by atoms with Crippen molar-refractivity contribution in [2.75, 3.05) is 5.32 Å². The van der Waals surface area contributed by atoms with E-state index in [0.29, 0.717) is 17.6 Å². The quantitative estimate of drug-likeness (QED) is 0.917. The Morgan fingerprint density at radius 2 is 2.10 bits per heavy atom. The Morgan fingerprint density at radius 1 is 1.29 bits per heavy atom. The highest BCUT2D eigenvalue weighted by atomic mass is 16.5. The van der Waals surface area contributed by atoms with Crippen molar-refractivity contribution >= 4 is 11.6 Å². The molecule has 1 aromatic heterocycles. The minimum atomic E-state index is -0.240. The number of ether oxygens (including phenoxy) is 1. The third-order valence-corrected chi connectivity index (χ3v) is 3.77. The summed E-state index contributed by atoms with van der Waals surface area (Å²) >= 11 is 0. The molecule has 4 nitrogen and oxygen atoms in total. The number of rotatable bonds is 4. The van der Waals surface area contributed by atoms with Gasteiger partial charge < -0.3 is 14.5 Å². The van der Waals surface area contributed by atoms with Gasteiger partial charge in [-0.3, -0.25) is 4.79 Å². The zero-order valence-corrected chi connectivity index (χ0v) is 12.1. The van der Waals surface area contributed by atoms with Gasteiger partial charge in [0.2, 0.25) is 0 Å². The van der Waals surface area contributed by atoms with E-state index in [2.05, 4.69) is 5.32 Å². The lowest BCUT2D eigenvalue weighted by Crippen LogP contribution is -2.13. The number of carbonyl (C=O) groups excluding carboxylic acids is 1. The summed E-state index contributed by atoms with van der Waals surface area (Å²) in [4.78, 5) is 12.1. The van der Waals surface area contributed by atoms with Crippen LogP contribution in [-0.2, 0) is 0 Å². The van der Waals surface area contributed by atoms with Gasteiger partial charge in [0.25, 0.3) is 5.91 Å². The van der Waals surface area contributed by atoms with Crippen molar-refractivity contribution in [1.29, 1.82) is 0 Å². The maximum Gasteiger partial charge on any atom is 0.291 e. The largest absolute Gasteiger partial charge is 0.490 e. The second-order valence-electron chi connectivity index (χ2n) is 5.44. The predicted molar refractivity (Wildman–Crippen MR) is 80.7 cm³/mol.